The molecule has 0 heterocycles. The van der Waals surface area contributed by atoms with Crippen molar-refractivity contribution >= 4 is 9.76 Å². The van der Waals surface area contributed by atoms with E-state index >= 15 is 0 Å². The van der Waals surface area contributed by atoms with E-state index in [0.717, 1.165) is 19.3 Å². The summed E-state index contributed by atoms with van der Waals surface area (Å²) in [4.78, 5) is 0. The van der Waals surface area contributed by atoms with Crippen molar-refractivity contribution in [3.05, 3.63) is 0 Å². The molecule has 0 aromatic carbocycles. The molecule has 0 aliphatic rings. The number of unbranched alkanes of at least 4 members (excludes halogenated alkanes) is 1. The third-order valence-electron chi connectivity index (χ3n) is 1.44. The van der Waals surface area contributed by atoms with Gasteiger partial charge in [-0.3, -0.25) is 0 Å². The zero-order valence-electron chi connectivity index (χ0n) is 9.13. The highest BCUT2D eigenvalue weighted by molar-refractivity contribution is 6.31. The van der Waals surface area contributed by atoms with Gasteiger partial charge in [0.05, 0.1) is 6.07 Å². The summed E-state index contributed by atoms with van der Waals surface area (Å²) in [5.74, 6) is 2.56. The van der Waals surface area contributed by atoms with E-state index in [-0.39, 0.29) is 11.1 Å². The van der Waals surface area contributed by atoms with E-state index in [4.69, 9.17) is 16.1 Å². The molecule has 2 radical (unpaired) electrons. The molecule has 3 heteroatoms. The normalized spacial score (nSPS) is 12.9. The van der Waals surface area contributed by atoms with Crippen molar-refractivity contribution in [2.45, 2.75) is 51.2 Å². The second-order valence-corrected chi connectivity index (χ2v) is 6.12. The maximum absolute atomic E-state index is 8.80. The first kappa shape index (κ1) is 13.2. The molecule has 0 spiro atoms. The van der Waals surface area contributed by atoms with Crippen molar-refractivity contribution in [2.24, 2.45) is 0 Å². The van der Waals surface area contributed by atoms with Gasteiger partial charge in [-0.15, -0.1) is 12.3 Å². The Morgan fingerprint density at radius 2 is 2.14 bits per heavy atom. The molecule has 1 atom stereocenters. The second kappa shape index (κ2) is 6.65. The van der Waals surface area contributed by atoms with Gasteiger partial charge < -0.3 is 4.43 Å². The van der Waals surface area contributed by atoms with Crippen LogP contribution in [0.4, 0.5) is 0 Å². The average Bonchev–Trinajstić information content (AvgIpc) is 2.09. The minimum absolute atomic E-state index is 0.140. The molecule has 0 aliphatic heterocycles. The highest BCUT2D eigenvalue weighted by atomic mass is 28.2. The summed E-state index contributed by atoms with van der Waals surface area (Å²) in [5, 5.41) is 8.94. The molecule has 0 fully saturated rings. The third kappa shape index (κ3) is 7.85. The zero-order valence-corrected chi connectivity index (χ0v) is 10.1. The lowest BCUT2D eigenvalue weighted by Gasteiger charge is -2.18. The lowest BCUT2D eigenvalue weighted by atomic mass is 10.2. The fraction of sp³-hybridized carbons (Fsp3) is 0.727. The Kier molecular flexibility index (Phi) is 6.28. The molecular formula is C11H17NOSi. The number of rotatable bonds is 5. The van der Waals surface area contributed by atoms with E-state index in [0.29, 0.717) is 9.76 Å². The fourth-order valence-corrected chi connectivity index (χ4v) is 1.45. The predicted octanol–water partition coefficient (Wildman–Crippen LogP) is 2.54. The molecule has 0 saturated heterocycles. The Bertz CT molecular complexity index is 231. The van der Waals surface area contributed by atoms with Crippen molar-refractivity contribution in [3.63, 3.8) is 0 Å². The van der Waals surface area contributed by atoms with E-state index < -0.39 is 0 Å². The van der Waals surface area contributed by atoms with Gasteiger partial charge in [0.2, 0.25) is 9.76 Å². The Balaban J connectivity index is 3.72. The number of hydrogen-bond donors (Lipinski definition) is 0. The number of nitrogens with zero attached hydrogens (tertiary/aromatic N) is 1. The van der Waals surface area contributed by atoms with E-state index in [9.17, 15) is 0 Å². The van der Waals surface area contributed by atoms with Crippen LogP contribution in [0.15, 0.2) is 0 Å². The summed E-state index contributed by atoms with van der Waals surface area (Å²) in [6, 6.07) is 2.15. The van der Waals surface area contributed by atoms with Gasteiger partial charge >= 0.3 is 0 Å². The maximum Gasteiger partial charge on any atom is 0.237 e. The van der Waals surface area contributed by atoms with Crippen LogP contribution in [-0.2, 0) is 4.43 Å². The largest absolute Gasteiger partial charge is 0.401 e. The van der Waals surface area contributed by atoms with E-state index in [1.54, 1.807) is 0 Å². The first-order valence-corrected chi connectivity index (χ1v) is 5.66. The first-order valence-electron chi connectivity index (χ1n) is 4.75. The van der Waals surface area contributed by atoms with Crippen LogP contribution < -0.4 is 0 Å². The van der Waals surface area contributed by atoms with Crippen molar-refractivity contribution in [1.29, 1.82) is 5.26 Å². The van der Waals surface area contributed by atoms with E-state index in [1.807, 2.05) is 0 Å². The molecule has 14 heavy (non-hydrogen) atoms. The summed E-state index contributed by atoms with van der Waals surface area (Å²) in [5.41, 5.74) is 0. The first-order chi connectivity index (χ1) is 6.49. The summed E-state index contributed by atoms with van der Waals surface area (Å²) in [7, 11) is 0.366. The minimum atomic E-state index is -0.291. The highest BCUT2D eigenvalue weighted by Gasteiger charge is 2.17. The van der Waals surface area contributed by atoms with Gasteiger partial charge in [0.15, 0.2) is 0 Å². The highest BCUT2D eigenvalue weighted by Crippen LogP contribution is 2.21. The van der Waals surface area contributed by atoms with Gasteiger partial charge in [0, 0.05) is 6.42 Å². The molecule has 2 nitrogen and oxygen atoms in total. The van der Waals surface area contributed by atoms with Crippen molar-refractivity contribution in [3.8, 4) is 18.4 Å². The summed E-state index contributed by atoms with van der Waals surface area (Å²) in [6.45, 7) is 6.30. The molecule has 0 amide bonds. The van der Waals surface area contributed by atoms with Gasteiger partial charge in [-0.2, -0.15) is 5.26 Å². The molecule has 1 unspecified atom stereocenters. The second-order valence-electron chi connectivity index (χ2n) is 4.18. The van der Waals surface area contributed by atoms with Crippen molar-refractivity contribution in [1.82, 2.24) is 0 Å². The molecule has 76 valence electrons. The maximum atomic E-state index is 8.80. The lowest BCUT2D eigenvalue weighted by Crippen LogP contribution is -2.20. The van der Waals surface area contributed by atoms with Gasteiger partial charge in [0.25, 0.3) is 0 Å². The van der Waals surface area contributed by atoms with E-state index in [1.165, 1.54) is 0 Å². The fourth-order valence-electron chi connectivity index (χ4n) is 0.787. The summed E-state index contributed by atoms with van der Waals surface area (Å²) < 4.78 is 5.50. The quantitative estimate of drug-likeness (QED) is 0.394. The molecule has 0 aromatic rings. The van der Waals surface area contributed by atoms with Gasteiger partial charge in [0.1, 0.15) is 6.10 Å². The van der Waals surface area contributed by atoms with E-state index in [2.05, 4.69) is 32.8 Å². The van der Waals surface area contributed by atoms with Crippen LogP contribution in [-0.4, -0.2) is 15.9 Å². The van der Waals surface area contributed by atoms with Crippen LogP contribution in [0.1, 0.15) is 40.0 Å². The summed E-state index contributed by atoms with van der Waals surface area (Å²) in [6.07, 6.45) is 7.16. The van der Waals surface area contributed by atoms with Crippen LogP contribution >= 0.6 is 0 Å². The topological polar surface area (TPSA) is 33.0 Å². The molecule has 0 bridgehead atoms. The predicted molar refractivity (Wildman–Crippen MR) is 58.6 cm³/mol. The number of hydrogen-bond acceptors (Lipinski definition) is 2. The number of terminal acetylenes is 1. The lowest BCUT2D eigenvalue weighted by molar-refractivity contribution is 0.245. The van der Waals surface area contributed by atoms with Crippen LogP contribution in [0.3, 0.4) is 0 Å². The molecular weight excluding hydrogens is 190 g/mol. The molecule has 0 N–H and O–H groups in total. The monoisotopic (exact) mass is 207 g/mol. The molecule has 0 rings (SSSR count). The van der Waals surface area contributed by atoms with Crippen LogP contribution in [0, 0.1) is 23.7 Å². The summed E-state index contributed by atoms with van der Waals surface area (Å²) >= 11 is 0. The van der Waals surface area contributed by atoms with Gasteiger partial charge in [-0.05, 0) is 17.9 Å². The minimum Gasteiger partial charge on any atom is -0.401 e. The Labute approximate surface area is 89.6 Å². The Morgan fingerprint density at radius 1 is 1.50 bits per heavy atom. The molecule has 0 aromatic heterocycles. The number of nitriles is 1. The van der Waals surface area contributed by atoms with Gasteiger partial charge in [-0.25, -0.2) is 0 Å². The molecule has 0 aliphatic carbocycles. The Morgan fingerprint density at radius 3 is 2.57 bits per heavy atom. The Hall–Kier alpha value is -0.773. The van der Waals surface area contributed by atoms with Crippen molar-refractivity contribution in [2.75, 3.05) is 0 Å². The standard InChI is InChI=1S/C11H17NOSi/c1-5-6-7-8-10(9-12)13-14-11(2,3)4/h1,10H,6-8H2,2-4H3. The SMILES string of the molecule is C#CCCCC(C#N)O[Si]C(C)(C)C. The average molecular weight is 207 g/mol. The zero-order chi connectivity index (χ0) is 11.0. The smallest absolute Gasteiger partial charge is 0.237 e. The molecule has 0 saturated carbocycles. The third-order valence-corrected chi connectivity index (χ3v) is 2.45. The van der Waals surface area contributed by atoms with Crippen LogP contribution in [0.2, 0.25) is 5.04 Å². The van der Waals surface area contributed by atoms with Gasteiger partial charge in [-0.1, -0.05) is 20.8 Å². The van der Waals surface area contributed by atoms with Crippen LogP contribution in [0.25, 0.3) is 0 Å². The van der Waals surface area contributed by atoms with Crippen LogP contribution in [0.5, 0.6) is 0 Å². The van der Waals surface area contributed by atoms with Crippen molar-refractivity contribution < 1.29 is 4.43 Å².